The van der Waals surface area contributed by atoms with Crippen molar-refractivity contribution in [3.05, 3.63) is 29.8 Å². The van der Waals surface area contributed by atoms with Crippen molar-refractivity contribution >= 4 is 11.7 Å². The van der Waals surface area contributed by atoms with Crippen LogP contribution >= 0.6 is 0 Å². The second kappa shape index (κ2) is 7.17. The number of carboxylic acids is 1. The number of aliphatic carboxylic acids is 1. The molecule has 19 heavy (non-hydrogen) atoms. The van der Waals surface area contributed by atoms with Gasteiger partial charge in [-0.15, -0.1) is 0 Å². The third-order valence-electron chi connectivity index (χ3n) is 3.81. The minimum atomic E-state index is -0.736. The van der Waals surface area contributed by atoms with Crippen molar-refractivity contribution in [3.8, 4) is 0 Å². The molecule has 0 unspecified atom stereocenters. The van der Waals surface area contributed by atoms with Crippen molar-refractivity contribution in [3.63, 3.8) is 0 Å². The largest absolute Gasteiger partial charge is 0.481 e. The van der Waals surface area contributed by atoms with E-state index >= 15 is 0 Å². The fourth-order valence-electron chi connectivity index (χ4n) is 2.68. The molecule has 1 saturated carbocycles. The molecule has 0 atom stereocenters. The summed E-state index contributed by atoms with van der Waals surface area (Å²) in [7, 11) is 0. The van der Waals surface area contributed by atoms with E-state index < -0.39 is 5.97 Å². The van der Waals surface area contributed by atoms with E-state index in [2.05, 4.69) is 17.4 Å². The van der Waals surface area contributed by atoms with Crippen LogP contribution in [-0.4, -0.2) is 17.1 Å². The summed E-state index contributed by atoms with van der Waals surface area (Å²) >= 11 is 0. The van der Waals surface area contributed by atoms with E-state index in [0.29, 0.717) is 12.5 Å². The van der Waals surface area contributed by atoms with Crippen LogP contribution in [0.4, 0.5) is 5.69 Å². The molecular formula is C16H23NO2. The standard InChI is InChI=1S/C16H23NO2/c18-16(19)12-9-13-7-10-15(11-8-13)17-14-5-3-1-2-4-6-14/h7-8,10-11,14,17H,1-6,9,12H2,(H,18,19). The molecule has 0 aliphatic heterocycles. The highest BCUT2D eigenvalue weighted by molar-refractivity contribution is 5.67. The van der Waals surface area contributed by atoms with Gasteiger partial charge in [-0.25, -0.2) is 0 Å². The minimum Gasteiger partial charge on any atom is -0.481 e. The van der Waals surface area contributed by atoms with Gasteiger partial charge in [-0.1, -0.05) is 37.8 Å². The molecule has 0 amide bonds. The van der Waals surface area contributed by atoms with Gasteiger partial charge in [0.15, 0.2) is 0 Å². The monoisotopic (exact) mass is 261 g/mol. The highest BCUT2D eigenvalue weighted by Crippen LogP contribution is 2.21. The molecule has 0 spiro atoms. The molecule has 0 heterocycles. The van der Waals surface area contributed by atoms with Crippen molar-refractivity contribution in [2.45, 2.75) is 57.4 Å². The van der Waals surface area contributed by atoms with Crippen molar-refractivity contribution in [2.75, 3.05) is 5.32 Å². The third-order valence-corrected chi connectivity index (χ3v) is 3.81. The van der Waals surface area contributed by atoms with E-state index in [1.54, 1.807) is 0 Å². The average Bonchev–Trinajstić information content (AvgIpc) is 2.66. The van der Waals surface area contributed by atoms with Crippen LogP contribution in [-0.2, 0) is 11.2 Å². The minimum absolute atomic E-state index is 0.204. The molecule has 1 aliphatic rings. The zero-order valence-electron chi connectivity index (χ0n) is 11.4. The molecule has 0 bridgehead atoms. The molecule has 2 rings (SSSR count). The lowest BCUT2D eigenvalue weighted by atomic mass is 10.1. The van der Waals surface area contributed by atoms with E-state index in [1.165, 1.54) is 38.5 Å². The Morgan fingerprint density at radius 3 is 2.32 bits per heavy atom. The van der Waals surface area contributed by atoms with E-state index in [9.17, 15) is 4.79 Å². The lowest BCUT2D eigenvalue weighted by Crippen LogP contribution is -2.18. The summed E-state index contributed by atoms with van der Waals surface area (Å²) in [5, 5.41) is 12.3. The van der Waals surface area contributed by atoms with E-state index in [4.69, 9.17) is 5.11 Å². The fraction of sp³-hybridized carbons (Fsp3) is 0.562. The van der Waals surface area contributed by atoms with Crippen LogP contribution in [0.1, 0.15) is 50.5 Å². The van der Waals surface area contributed by atoms with Crippen molar-refractivity contribution in [1.29, 1.82) is 0 Å². The summed E-state index contributed by atoms with van der Waals surface area (Å²) in [5.41, 5.74) is 2.25. The first-order valence-corrected chi connectivity index (χ1v) is 7.31. The third kappa shape index (κ3) is 4.93. The van der Waals surface area contributed by atoms with Gasteiger partial charge < -0.3 is 10.4 Å². The van der Waals surface area contributed by atoms with Crippen molar-refractivity contribution < 1.29 is 9.90 Å². The molecule has 0 aromatic heterocycles. The van der Waals surface area contributed by atoms with Crippen LogP contribution in [0.25, 0.3) is 0 Å². The predicted octanol–water partition coefficient (Wildman–Crippen LogP) is 3.84. The maximum atomic E-state index is 10.5. The number of hydrogen-bond acceptors (Lipinski definition) is 2. The molecular weight excluding hydrogens is 238 g/mol. The molecule has 1 aromatic carbocycles. The highest BCUT2D eigenvalue weighted by Gasteiger charge is 2.11. The van der Waals surface area contributed by atoms with Gasteiger partial charge in [0, 0.05) is 18.2 Å². The summed E-state index contributed by atoms with van der Waals surface area (Å²) in [6.45, 7) is 0. The van der Waals surface area contributed by atoms with Gasteiger partial charge in [0.2, 0.25) is 0 Å². The van der Waals surface area contributed by atoms with Gasteiger partial charge in [-0.3, -0.25) is 4.79 Å². The molecule has 3 heteroatoms. The van der Waals surface area contributed by atoms with Gasteiger partial charge in [0.05, 0.1) is 0 Å². The van der Waals surface area contributed by atoms with Crippen LogP contribution < -0.4 is 5.32 Å². The van der Waals surface area contributed by atoms with E-state index in [0.717, 1.165) is 11.3 Å². The Bertz CT molecular complexity index is 392. The van der Waals surface area contributed by atoms with Crippen LogP contribution in [0.15, 0.2) is 24.3 Å². The summed E-state index contributed by atoms with van der Waals surface area (Å²) in [5.74, 6) is -0.736. The van der Waals surface area contributed by atoms with Crippen LogP contribution in [0.3, 0.4) is 0 Å². The number of anilines is 1. The van der Waals surface area contributed by atoms with Crippen LogP contribution in [0, 0.1) is 0 Å². The predicted molar refractivity (Wildman–Crippen MR) is 77.5 cm³/mol. The van der Waals surface area contributed by atoms with Gasteiger partial charge in [-0.2, -0.15) is 0 Å². The Labute approximate surface area is 115 Å². The summed E-state index contributed by atoms with van der Waals surface area (Å²) in [4.78, 5) is 10.5. The van der Waals surface area contributed by atoms with Gasteiger partial charge >= 0.3 is 5.97 Å². The second-order valence-corrected chi connectivity index (χ2v) is 5.42. The summed E-state index contributed by atoms with van der Waals surface area (Å²) in [6.07, 6.45) is 8.73. The second-order valence-electron chi connectivity index (χ2n) is 5.42. The smallest absolute Gasteiger partial charge is 0.303 e. The SMILES string of the molecule is O=C(O)CCc1ccc(NC2CCCCCC2)cc1. The van der Waals surface area contributed by atoms with Crippen LogP contribution in [0.5, 0.6) is 0 Å². The first kappa shape index (κ1) is 13.9. The maximum absolute atomic E-state index is 10.5. The number of carbonyl (C=O) groups is 1. The number of carboxylic acid groups (broad SMARTS) is 1. The molecule has 3 nitrogen and oxygen atoms in total. The molecule has 1 aliphatic carbocycles. The lowest BCUT2D eigenvalue weighted by Gasteiger charge is -2.17. The first-order chi connectivity index (χ1) is 9.24. The van der Waals surface area contributed by atoms with Crippen molar-refractivity contribution in [2.24, 2.45) is 0 Å². The van der Waals surface area contributed by atoms with E-state index in [1.807, 2.05) is 12.1 Å². The Morgan fingerprint density at radius 1 is 1.11 bits per heavy atom. The molecule has 104 valence electrons. The Hall–Kier alpha value is -1.51. The topological polar surface area (TPSA) is 49.3 Å². The normalized spacial score (nSPS) is 16.8. The Kier molecular flexibility index (Phi) is 5.25. The molecule has 0 saturated heterocycles. The highest BCUT2D eigenvalue weighted by atomic mass is 16.4. The molecule has 1 fully saturated rings. The van der Waals surface area contributed by atoms with Crippen molar-refractivity contribution in [1.82, 2.24) is 0 Å². The Balaban J connectivity index is 1.85. The number of rotatable bonds is 5. The summed E-state index contributed by atoms with van der Waals surface area (Å²) < 4.78 is 0. The number of nitrogens with one attached hydrogen (secondary N) is 1. The zero-order chi connectivity index (χ0) is 13.5. The lowest BCUT2D eigenvalue weighted by molar-refractivity contribution is -0.136. The van der Waals surface area contributed by atoms with Gasteiger partial charge in [0.25, 0.3) is 0 Å². The summed E-state index contributed by atoms with van der Waals surface area (Å²) in [6, 6.07) is 8.81. The van der Waals surface area contributed by atoms with Gasteiger partial charge in [0.1, 0.15) is 0 Å². The first-order valence-electron chi connectivity index (χ1n) is 7.31. The zero-order valence-corrected chi connectivity index (χ0v) is 11.4. The number of benzene rings is 1. The molecule has 2 N–H and O–H groups in total. The number of aryl methyl sites for hydroxylation is 1. The number of hydrogen-bond donors (Lipinski definition) is 2. The Morgan fingerprint density at radius 2 is 1.74 bits per heavy atom. The van der Waals surface area contributed by atoms with Gasteiger partial charge in [-0.05, 0) is 37.0 Å². The molecule has 1 aromatic rings. The molecule has 0 radical (unpaired) electrons. The fourth-order valence-corrected chi connectivity index (χ4v) is 2.68. The quantitative estimate of drug-likeness (QED) is 0.792. The average molecular weight is 261 g/mol. The van der Waals surface area contributed by atoms with Crippen LogP contribution in [0.2, 0.25) is 0 Å². The maximum Gasteiger partial charge on any atom is 0.303 e. The van der Waals surface area contributed by atoms with E-state index in [-0.39, 0.29) is 6.42 Å².